The second-order valence-corrected chi connectivity index (χ2v) is 6.00. The van der Waals surface area contributed by atoms with Gasteiger partial charge in [-0.3, -0.25) is 0 Å². The van der Waals surface area contributed by atoms with Crippen LogP contribution in [0.5, 0.6) is 0 Å². The highest BCUT2D eigenvalue weighted by atomic mass is 32.2. The minimum atomic E-state index is 0.236. The van der Waals surface area contributed by atoms with E-state index >= 15 is 0 Å². The topological polar surface area (TPSA) is 47.6 Å². The van der Waals surface area contributed by atoms with Crippen LogP contribution >= 0.6 is 23.5 Å². The van der Waals surface area contributed by atoms with Crippen LogP contribution in [-0.4, -0.2) is 11.5 Å². The molecule has 2 aliphatic rings. The summed E-state index contributed by atoms with van der Waals surface area (Å²) in [4.78, 5) is 2.65. The maximum atomic E-state index is 9.02. The van der Waals surface area contributed by atoms with E-state index in [-0.39, 0.29) is 5.57 Å². The summed E-state index contributed by atoms with van der Waals surface area (Å²) in [6.45, 7) is 0. The fraction of sp³-hybridized carbons (Fsp3) is 0.231. The minimum absolute atomic E-state index is 0.236. The van der Waals surface area contributed by atoms with E-state index in [4.69, 9.17) is 10.5 Å². The SMILES string of the molecule is N#CC(C#N)=c1cc2c(c3c1=CCS3)SCC2. The molecule has 2 heterocycles. The quantitative estimate of drug-likeness (QED) is 0.704. The third-order valence-corrected chi connectivity index (χ3v) is 5.32. The zero-order valence-corrected chi connectivity index (χ0v) is 10.6. The first-order valence-electron chi connectivity index (χ1n) is 5.31. The fourth-order valence-electron chi connectivity index (χ4n) is 2.22. The molecule has 4 heteroatoms. The van der Waals surface area contributed by atoms with Crippen LogP contribution in [0.4, 0.5) is 0 Å². The largest absolute Gasteiger partial charge is 0.192 e. The molecule has 0 spiro atoms. The van der Waals surface area contributed by atoms with Gasteiger partial charge in [0.15, 0.2) is 0 Å². The van der Waals surface area contributed by atoms with E-state index in [0.29, 0.717) is 0 Å². The van der Waals surface area contributed by atoms with Gasteiger partial charge >= 0.3 is 0 Å². The molecule has 0 aliphatic carbocycles. The number of fused-ring (bicyclic) bond motifs is 3. The Hall–Kier alpha value is -1.36. The molecule has 0 bridgehead atoms. The van der Waals surface area contributed by atoms with Crippen LogP contribution in [0.15, 0.2) is 15.9 Å². The maximum absolute atomic E-state index is 9.02. The molecule has 82 valence electrons. The van der Waals surface area contributed by atoms with Crippen LogP contribution in [0.3, 0.4) is 0 Å². The van der Waals surface area contributed by atoms with Gasteiger partial charge in [-0.2, -0.15) is 10.5 Å². The van der Waals surface area contributed by atoms with Crippen molar-refractivity contribution in [2.45, 2.75) is 16.2 Å². The van der Waals surface area contributed by atoms with Gasteiger partial charge in [0.1, 0.15) is 17.7 Å². The van der Waals surface area contributed by atoms with Gasteiger partial charge in [-0.05, 0) is 23.3 Å². The summed E-state index contributed by atoms with van der Waals surface area (Å²) >= 11 is 3.71. The first kappa shape index (κ1) is 10.8. The lowest BCUT2D eigenvalue weighted by Crippen LogP contribution is -2.28. The lowest BCUT2D eigenvalue weighted by atomic mass is 10.1. The molecule has 0 N–H and O–H groups in total. The van der Waals surface area contributed by atoms with Crippen molar-refractivity contribution in [3.63, 3.8) is 0 Å². The van der Waals surface area contributed by atoms with Gasteiger partial charge < -0.3 is 0 Å². The summed E-state index contributed by atoms with van der Waals surface area (Å²) in [6, 6.07) is 6.06. The predicted octanol–water partition coefficient (Wildman–Crippen LogP) is 1.42. The van der Waals surface area contributed by atoms with Gasteiger partial charge in [0.25, 0.3) is 0 Å². The number of nitriles is 2. The molecule has 2 nitrogen and oxygen atoms in total. The second kappa shape index (κ2) is 4.14. The van der Waals surface area contributed by atoms with E-state index in [9.17, 15) is 0 Å². The van der Waals surface area contributed by atoms with Crippen molar-refractivity contribution in [2.24, 2.45) is 0 Å². The van der Waals surface area contributed by atoms with Crippen molar-refractivity contribution in [3.8, 4) is 12.1 Å². The number of hydrogen-bond acceptors (Lipinski definition) is 4. The molecule has 3 rings (SSSR count). The summed E-state index contributed by atoms with van der Waals surface area (Å²) in [5.74, 6) is 2.06. The lowest BCUT2D eigenvalue weighted by molar-refractivity contribution is 1.07. The van der Waals surface area contributed by atoms with Crippen molar-refractivity contribution in [1.82, 2.24) is 0 Å². The zero-order chi connectivity index (χ0) is 11.8. The van der Waals surface area contributed by atoms with E-state index in [2.05, 4.69) is 6.08 Å². The van der Waals surface area contributed by atoms with E-state index < -0.39 is 0 Å². The molecule has 2 aliphatic heterocycles. The van der Waals surface area contributed by atoms with Gasteiger partial charge in [-0.25, -0.2) is 0 Å². The van der Waals surface area contributed by atoms with Crippen molar-refractivity contribution < 1.29 is 0 Å². The van der Waals surface area contributed by atoms with Crippen LogP contribution < -0.4 is 10.4 Å². The number of aryl methyl sites for hydroxylation is 1. The molecule has 0 saturated heterocycles. The average Bonchev–Trinajstić information content (AvgIpc) is 2.97. The second-order valence-electron chi connectivity index (χ2n) is 3.87. The van der Waals surface area contributed by atoms with Gasteiger partial charge in [0.05, 0.1) is 0 Å². The number of hydrogen-bond donors (Lipinski definition) is 0. The van der Waals surface area contributed by atoms with Crippen LogP contribution in [-0.2, 0) is 6.42 Å². The average molecular weight is 256 g/mol. The molecule has 1 aromatic carbocycles. The highest BCUT2D eigenvalue weighted by Crippen LogP contribution is 2.37. The molecule has 0 fully saturated rings. The van der Waals surface area contributed by atoms with Crippen LogP contribution in [0.25, 0.3) is 11.6 Å². The number of benzene rings is 1. The van der Waals surface area contributed by atoms with Crippen molar-refractivity contribution in [2.75, 3.05) is 11.5 Å². The lowest BCUT2D eigenvalue weighted by Gasteiger charge is -2.04. The van der Waals surface area contributed by atoms with Crippen LogP contribution in [0.2, 0.25) is 0 Å². The van der Waals surface area contributed by atoms with Gasteiger partial charge in [-0.1, -0.05) is 6.08 Å². The maximum Gasteiger partial charge on any atom is 0.137 e. The van der Waals surface area contributed by atoms with E-state index in [0.717, 1.165) is 28.4 Å². The Morgan fingerprint density at radius 1 is 1.18 bits per heavy atom. The third-order valence-electron chi connectivity index (χ3n) is 2.98. The molecule has 0 radical (unpaired) electrons. The smallest absolute Gasteiger partial charge is 0.137 e. The Morgan fingerprint density at radius 2 is 2.00 bits per heavy atom. The third kappa shape index (κ3) is 1.57. The highest BCUT2D eigenvalue weighted by Gasteiger charge is 2.20. The molecule has 0 atom stereocenters. The molecule has 1 aromatic rings. The summed E-state index contributed by atoms with van der Waals surface area (Å²) in [7, 11) is 0. The van der Waals surface area contributed by atoms with Gasteiger partial charge in [0.2, 0.25) is 0 Å². The van der Waals surface area contributed by atoms with Crippen molar-refractivity contribution >= 4 is 35.2 Å². The Kier molecular flexibility index (Phi) is 2.63. The Bertz CT molecular complexity index is 689. The summed E-state index contributed by atoms with van der Waals surface area (Å²) in [5.41, 5.74) is 1.54. The number of thioether (sulfide) groups is 2. The highest BCUT2D eigenvalue weighted by molar-refractivity contribution is 8.02. The molecular weight excluding hydrogens is 248 g/mol. The van der Waals surface area contributed by atoms with Gasteiger partial charge in [0, 0.05) is 26.5 Å². The van der Waals surface area contributed by atoms with Crippen molar-refractivity contribution in [1.29, 1.82) is 10.5 Å². The van der Waals surface area contributed by atoms with E-state index in [1.165, 1.54) is 15.4 Å². The normalized spacial score (nSPS) is 15.4. The summed E-state index contributed by atoms with van der Waals surface area (Å²) in [5, 5.41) is 20.0. The molecule has 0 amide bonds. The fourth-order valence-corrected chi connectivity index (χ4v) is 4.72. The van der Waals surface area contributed by atoms with E-state index in [1.54, 1.807) is 0 Å². The Morgan fingerprint density at radius 3 is 2.76 bits per heavy atom. The molecule has 0 aromatic heterocycles. The van der Waals surface area contributed by atoms with E-state index in [1.807, 2.05) is 41.7 Å². The first-order valence-corrected chi connectivity index (χ1v) is 7.28. The Balaban J connectivity index is 2.49. The van der Waals surface area contributed by atoms with Crippen LogP contribution in [0.1, 0.15) is 5.56 Å². The van der Waals surface area contributed by atoms with Gasteiger partial charge in [-0.15, -0.1) is 23.5 Å². The van der Waals surface area contributed by atoms with Crippen molar-refractivity contribution in [3.05, 3.63) is 22.1 Å². The van der Waals surface area contributed by atoms with Crippen LogP contribution in [0, 0.1) is 22.7 Å². The summed E-state index contributed by atoms with van der Waals surface area (Å²) in [6.07, 6.45) is 3.17. The molecular formula is C13H8N2S2. The monoisotopic (exact) mass is 256 g/mol. The minimum Gasteiger partial charge on any atom is -0.192 e. The summed E-state index contributed by atoms with van der Waals surface area (Å²) < 4.78 is 0. The zero-order valence-electron chi connectivity index (χ0n) is 8.99. The Labute approximate surface area is 108 Å². The molecule has 0 saturated carbocycles. The predicted molar refractivity (Wildman–Crippen MR) is 69.9 cm³/mol. The standard InChI is InChI=1S/C13H8N2S2/c14-6-9(7-15)11-5-8-1-3-16-12(8)13-10(11)2-4-17-13/h2,5H,1,3-4H2. The number of nitrogens with zero attached hydrogens (tertiary/aromatic N) is 2. The molecule has 0 unspecified atom stereocenters. The molecule has 17 heavy (non-hydrogen) atoms. The number of rotatable bonds is 0. The first-order chi connectivity index (χ1) is 8.35.